The first-order valence-electron chi connectivity index (χ1n) is 9.85. The molecule has 5 nitrogen and oxygen atoms in total. The van der Waals surface area contributed by atoms with Gasteiger partial charge in [-0.3, -0.25) is 0 Å². The number of fused-ring (bicyclic) bond motifs is 2. The van der Waals surface area contributed by atoms with Crippen LogP contribution in [0, 0.1) is 13.8 Å². The van der Waals surface area contributed by atoms with Gasteiger partial charge in [-0.2, -0.15) is 0 Å². The van der Waals surface area contributed by atoms with Gasteiger partial charge in [0.1, 0.15) is 18.3 Å². The Hall–Kier alpha value is -1.95. The van der Waals surface area contributed by atoms with Crippen LogP contribution in [0.2, 0.25) is 0 Å². The van der Waals surface area contributed by atoms with Crippen LogP contribution >= 0.6 is 0 Å². The summed E-state index contributed by atoms with van der Waals surface area (Å²) in [5, 5.41) is 10.6. The van der Waals surface area contributed by atoms with Crippen LogP contribution in [0.3, 0.4) is 0 Å². The van der Waals surface area contributed by atoms with E-state index < -0.39 is 18.0 Å². The molecule has 1 saturated heterocycles. The molecule has 1 unspecified atom stereocenters. The highest BCUT2D eigenvalue weighted by Gasteiger charge is 2.43. The van der Waals surface area contributed by atoms with Crippen LogP contribution in [-0.4, -0.2) is 41.3 Å². The Kier molecular flexibility index (Phi) is 6.08. The van der Waals surface area contributed by atoms with E-state index in [0.29, 0.717) is 18.4 Å². The predicted molar refractivity (Wildman–Crippen MR) is 108 cm³/mol. The van der Waals surface area contributed by atoms with Crippen molar-refractivity contribution in [1.82, 2.24) is 0 Å². The lowest BCUT2D eigenvalue weighted by Gasteiger charge is -2.20. The summed E-state index contributed by atoms with van der Waals surface area (Å²) in [4.78, 5) is 12.8. The SMILES string of the molecule is Cc1cc(C)c2c(c1)/C=C/C[C@H]1OC(C)(C)O[C@H]1C(O)/C=C\C[C@H](C)OC2=O. The number of aliphatic hydroxyl groups excluding tert-OH is 1. The molecule has 5 heteroatoms. The van der Waals surface area contributed by atoms with Gasteiger partial charge in [0.15, 0.2) is 5.79 Å². The fourth-order valence-electron chi connectivity index (χ4n) is 3.88. The van der Waals surface area contributed by atoms with Gasteiger partial charge >= 0.3 is 5.97 Å². The molecule has 2 heterocycles. The molecule has 0 aliphatic carbocycles. The van der Waals surface area contributed by atoms with Gasteiger partial charge in [0.05, 0.1) is 11.7 Å². The summed E-state index contributed by atoms with van der Waals surface area (Å²) in [5.41, 5.74) is 3.41. The van der Waals surface area contributed by atoms with Crippen LogP contribution in [0.5, 0.6) is 0 Å². The van der Waals surface area contributed by atoms with Crippen LogP contribution in [-0.2, 0) is 14.2 Å². The maximum atomic E-state index is 12.8. The van der Waals surface area contributed by atoms with Crippen molar-refractivity contribution in [1.29, 1.82) is 0 Å². The van der Waals surface area contributed by atoms with E-state index in [-0.39, 0.29) is 18.2 Å². The second-order valence-electron chi connectivity index (χ2n) is 8.19. The summed E-state index contributed by atoms with van der Waals surface area (Å²) in [6.07, 6.45) is 6.70. The molecule has 4 atom stereocenters. The van der Waals surface area contributed by atoms with Gasteiger partial charge in [0.25, 0.3) is 0 Å². The van der Waals surface area contributed by atoms with Crippen LogP contribution in [0.15, 0.2) is 30.4 Å². The largest absolute Gasteiger partial charge is 0.459 e. The second kappa shape index (κ2) is 8.19. The number of hydrogen-bond donors (Lipinski definition) is 1. The molecule has 1 aromatic rings. The summed E-state index contributed by atoms with van der Waals surface area (Å²) in [5.74, 6) is -1.07. The monoisotopic (exact) mass is 386 g/mol. The van der Waals surface area contributed by atoms with Gasteiger partial charge in [-0.05, 0) is 52.2 Å². The fourth-order valence-corrected chi connectivity index (χ4v) is 3.88. The summed E-state index contributed by atoms with van der Waals surface area (Å²) in [7, 11) is 0. The molecule has 2 aliphatic heterocycles. The normalized spacial score (nSPS) is 32.6. The molecule has 0 radical (unpaired) electrons. The van der Waals surface area contributed by atoms with Crippen LogP contribution in [0.1, 0.15) is 60.7 Å². The number of esters is 1. The van der Waals surface area contributed by atoms with Crippen molar-refractivity contribution in [3.63, 3.8) is 0 Å². The molecule has 0 amide bonds. The quantitative estimate of drug-likeness (QED) is 0.537. The molecule has 0 spiro atoms. The number of hydrogen-bond acceptors (Lipinski definition) is 5. The van der Waals surface area contributed by atoms with E-state index in [4.69, 9.17) is 14.2 Å². The molecular formula is C23H30O5. The zero-order valence-corrected chi connectivity index (χ0v) is 17.3. The Bertz CT molecular complexity index is 792. The smallest absolute Gasteiger partial charge is 0.339 e. The summed E-state index contributed by atoms with van der Waals surface area (Å²) in [6, 6.07) is 3.98. The minimum absolute atomic E-state index is 0.271. The Labute approximate surface area is 167 Å². The van der Waals surface area contributed by atoms with E-state index >= 15 is 0 Å². The number of rotatable bonds is 0. The number of aliphatic hydroxyl groups is 1. The molecule has 1 aromatic carbocycles. The van der Waals surface area contributed by atoms with Crippen LogP contribution in [0.25, 0.3) is 6.08 Å². The third kappa shape index (κ3) is 4.72. The van der Waals surface area contributed by atoms with Gasteiger partial charge in [-0.15, -0.1) is 0 Å². The fraction of sp³-hybridized carbons (Fsp3) is 0.522. The van der Waals surface area contributed by atoms with Crippen molar-refractivity contribution >= 4 is 12.0 Å². The van der Waals surface area contributed by atoms with Crippen molar-refractivity contribution in [2.45, 2.75) is 77.7 Å². The number of aryl methyl sites for hydroxylation is 2. The molecule has 2 aliphatic rings. The zero-order valence-electron chi connectivity index (χ0n) is 17.3. The topological polar surface area (TPSA) is 65.0 Å². The Morgan fingerprint density at radius 2 is 1.86 bits per heavy atom. The van der Waals surface area contributed by atoms with E-state index in [0.717, 1.165) is 16.7 Å². The lowest BCUT2D eigenvalue weighted by Crippen LogP contribution is -2.34. The third-order valence-electron chi connectivity index (χ3n) is 5.05. The summed E-state index contributed by atoms with van der Waals surface area (Å²) in [6.45, 7) is 9.49. The van der Waals surface area contributed by atoms with Gasteiger partial charge < -0.3 is 19.3 Å². The number of carbonyl (C=O) groups is 1. The average molecular weight is 386 g/mol. The van der Waals surface area contributed by atoms with Crippen molar-refractivity contribution in [3.8, 4) is 0 Å². The Morgan fingerprint density at radius 3 is 2.61 bits per heavy atom. The van der Waals surface area contributed by atoms with Crippen molar-refractivity contribution in [3.05, 3.63) is 52.6 Å². The standard InChI is InChI=1S/C23H30O5/c1-14-12-15(2)20-17(13-14)9-7-11-19-21(28-23(4,5)27-19)18(24)10-6-8-16(3)26-22(20)25/h6-7,9-10,12-13,16,18-19,21,24H,8,11H2,1-5H3/b9-7+,10-6-/t16-,18?,19+,21-/m0/s1. The Balaban J connectivity index is 1.98. The third-order valence-corrected chi connectivity index (χ3v) is 5.05. The van der Waals surface area contributed by atoms with E-state index in [2.05, 4.69) is 0 Å². The van der Waals surface area contributed by atoms with Crippen molar-refractivity contribution in [2.75, 3.05) is 0 Å². The highest BCUT2D eigenvalue weighted by molar-refractivity contribution is 5.95. The first-order valence-corrected chi connectivity index (χ1v) is 9.85. The molecule has 28 heavy (non-hydrogen) atoms. The second-order valence-corrected chi connectivity index (χ2v) is 8.19. The van der Waals surface area contributed by atoms with E-state index in [1.54, 1.807) is 6.08 Å². The zero-order chi connectivity index (χ0) is 20.5. The van der Waals surface area contributed by atoms with Crippen molar-refractivity contribution < 1.29 is 24.1 Å². The highest BCUT2D eigenvalue weighted by atomic mass is 16.8. The van der Waals surface area contributed by atoms with E-state index in [1.807, 2.05) is 65.0 Å². The first kappa shape index (κ1) is 20.8. The molecule has 0 aromatic heterocycles. The summed E-state index contributed by atoms with van der Waals surface area (Å²) < 4.78 is 17.6. The molecular weight excluding hydrogens is 356 g/mol. The molecule has 1 N–H and O–H groups in total. The predicted octanol–water partition coefficient (Wildman–Crippen LogP) is 4.09. The number of benzene rings is 1. The van der Waals surface area contributed by atoms with Crippen LogP contribution in [0.4, 0.5) is 0 Å². The lowest BCUT2D eigenvalue weighted by atomic mass is 9.97. The molecule has 1 fully saturated rings. The number of ether oxygens (including phenoxy) is 3. The molecule has 152 valence electrons. The number of carbonyl (C=O) groups excluding carboxylic acids is 1. The number of cyclic esters (lactones) is 1. The minimum atomic E-state index is -0.789. The maximum Gasteiger partial charge on any atom is 0.339 e. The van der Waals surface area contributed by atoms with Crippen LogP contribution < -0.4 is 0 Å². The summed E-state index contributed by atoms with van der Waals surface area (Å²) >= 11 is 0. The van der Waals surface area contributed by atoms with Gasteiger partial charge in [-0.25, -0.2) is 4.79 Å². The lowest BCUT2D eigenvalue weighted by molar-refractivity contribution is -0.152. The first-order chi connectivity index (χ1) is 13.2. The van der Waals surface area contributed by atoms with Gasteiger partial charge in [0, 0.05) is 6.42 Å². The molecule has 0 saturated carbocycles. The molecule has 0 bridgehead atoms. The van der Waals surface area contributed by atoms with E-state index in [1.165, 1.54) is 0 Å². The maximum absolute atomic E-state index is 12.8. The molecule has 3 rings (SSSR count). The highest BCUT2D eigenvalue weighted by Crippen LogP contribution is 2.33. The Morgan fingerprint density at radius 1 is 1.11 bits per heavy atom. The van der Waals surface area contributed by atoms with Crippen molar-refractivity contribution in [2.24, 2.45) is 0 Å². The minimum Gasteiger partial charge on any atom is -0.459 e. The average Bonchev–Trinajstić information content (AvgIpc) is 2.88. The van der Waals surface area contributed by atoms with E-state index in [9.17, 15) is 9.90 Å². The van der Waals surface area contributed by atoms with Gasteiger partial charge in [-0.1, -0.05) is 42.0 Å². The van der Waals surface area contributed by atoms with Gasteiger partial charge in [0.2, 0.25) is 0 Å².